The summed E-state index contributed by atoms with van der Waals surface area (Å²) in [5, 5.41) is 0.937. The highest BCUT2D eigenvalue weighted by atomic mass is 32.1. The van der Waals surface area contributed by atoms with Crippen molar-refractivity contribution >= 4 is 33.9 Å². The molecule has 0 aliphatic heterocycles. The summed E-state index contributed by atoms with van der Waals surface area (Å²) >= 11 is 6.38. The molecular formula is C10H18N4S2. The SMILES string of the molecule is CCCc1nsc(N(C)CC(C)C(N)=S)n1. The van der Waals surface area contributed by atoms with E-state index in [4.69, 9.17) is 18.0 Å². The fraction of sp³-hybridized carbons (Fsp3) is 0.700. The van der Waals surface area contributed by atoms with Gasteiger partial charge in [0.15, 0.2) is 0 Å². The molecule has 0 amide bonds. The highest BCUT2D eigenvalue weighted by molar-refractivity contribution is 7.80. The zero-order valence-corrected chi connectivity index (χ0v) is 11.6. The minimum absolute atomic E-state index is 0.193. The van der Waals surface area contributed by atoms with Gasteiger partial charge in [-0.2, -0.15) is 4.37 Å². The summed E-state index contributed by atoms with van der Waals surface area (Å²) in [4.78, 5) is 7.06. The van der Waals surface area contributed by atoms with Crippen molar-refractivity contribution in [2.24, 2.45) is 11.7 Å². The lowest BCUT2D eigenvalue weighted by molar-refractivity contribution is 0.738. The smallest absolute Gasteiger partial charge is 0.204 e. The Labute approximate surface area is 106 Å². The van der Waals surface area contributed by atoms with Crippen LogP contribution in [0.2, 0.25) is 0 Å². The molecular weight excluding hydrogens is 240 g/mol. The molecule has 0 saturated carbocycles. The lowest BCUT2D eigenvalue weighted by Crippen LogP contribution is -2.31. The third-order valence-electron chi connectivity index (χ3n) is 2.29. The first kappa shape index (κ1) is 13.3. The van der Waals surface area contributed by atoms with Gasteiger partial charge in [-0.05, 0) is 6.42 Å². The molecule has 0 aliphatic carbocycles. The maximum Gasteiger partial charge on any atom is 0.204 e. The van der Waals surface area contributed by atoms with Gasteiger partial charge in [0.05, 0.1) is 4.99 Å². The molecule has 0 saturated heterocycles. The van der Waals surface area contributed by atoms with E-state index in [2.05, 4.69) is 21.2 Å². The van der Waals surface area contributed by atoms with Crippen molar-refractivity contribution in [3.8, 4) is 0 Å². The predicted octanol–water partition coefficient (Wildman–Crippen LogP) is 1.85. The molecule has 4 nitrogen and oxygen atoms in total. The van der Waals surface area contributed by atoms with E-state index in [1.807, 2.05) is 14.0 Å². The standard InChI is InChI=1S/C10H18N4S2/c1-4-5-8-12-10(16-13-8)14(3)6-7(2)9(11)15/h7H,4-6H2,1-3H3,(H2,11,15). The van der Waals surface area contributed by atoms with Crippen molar-refractivity contribution < 1.29 is 0 Å². The van der Waals surface area contributed by atoms with Crippen molar-refractivity contribution in [1.82, 2.24) is 9.36 Å². The van der Waals surface area contributed by atoms with Gasteiger partial charge < -0.3 is 10.6 Å². The first-order valence-electron chi connectivity index (χ1n) is 5.37. The van der Waals surface area contributed by atoms with Crippen LogP contribution < -0.4 is 10.6 Å². The molecule has 0 aliphatic rings. The number of nitrogens with zero attached hydrogens (tertiary/aromatic N) is 3. The molecule has 1 aromatic heterocycles. The minimum Gasteiger partial charge on any atom is -0.393 e. The summed E-state index contributed by atoms with van der Waals surface area (Å²) in [6.45, 7) is 4.93. The fourth-order valence-corrected chi connectivity index (χ4v) is 2.06. The lowest BCUT2D eigenvalue weighted by Gasteiger charge is -2.19. The van der Waals surface area contributed by atoms with Gasteiger partial charge in [-0.3, -0.25) is 0 Å². The fourth-order valence-electron chi connectivity index (χ4n) is 1.30. The number of anilines is 1. The van der Waals surface area contributed by atoms with E-state index in [1.165, 1.54) is 11.5 Å². The molecule has 0 aromatic carbocycles. The van der Waals surface area contributed by atoms with Crippen LogP contribution in [-0.2, 0) is 6.42 Å². The molecule has 1 unspecified atom stereocenters. The van der Waals surface area contributed by atoms with Crippen LogP contribution in [0.4, 0.5) is 5.13 Å². The summed E-state index contributed by atoms with van der Waals surface area (Å²) in [5.41, 5.74) is 5.59. The maximum atomic E-state index is 5.59. The number of thiocarbonyl (C=S) groups is 1. The second kappa shape index (κ2) is 6.10. The quantitative estimate of drug-likeness (QED) is 0.789. The zero-order valence-electron chi connectivity index (χ0n) is 9.93. The Kier molecular flexibility index (Phi) is 5.08. The molecule has 1 heterocycles. The highest BCUT2D eigenvalue weighted by Gasteiger charge is 2.13. The molecule has 0 spiro atoms. The first-order valence-corrected chi connectivity index (χ1v) is 6.55. The molecule has 1 aromatic rings. The third-order valence-corrected chi connectivity index (χ3v) is 3.56. The Hall–Kier alpha value is -0.750. The van der Waals surface area contributed by atoms with Crippen LogP contribution in [-0.4, -0.2) is 27.9 Å². The molecule has 1 rings (SSSR count). The Balaban J connectivity index is 2.58. The number of aryl methyl sites for hydroxylation is 1. The van der Waals surface area contributed by atoms with Crippen LogP contribution in [0, 0.1) is 5.92 Å². The highest BCUT2D eigenvalue weighted by Crippen LogP contribution is 2.17. The summed E-state index contributed by atoms with van der Waals surface area (Å²) in [6.07, 6.45) is 2.01. The second-order valence-electron chi connectivity index (χ2n) is 3.93. The number of aromatic nitrogens is 2. The Morgan fingerprint density at radius 2 is 2.31 bits per heavy atom. The number of hydrogen-bond donors (Lipinski definition) is 1. The van der Waals surface area contributed by atoms with E-state index in [9.17, 15) is 0 Å². The summed E-state index contributed by atoms with van der Waals surface area (Å²) in [5.74, 6) is 1.12. The number of hydrogen-bond acceptors (Lipinski definition) is 5. The van der Waals surface area contributed by atoms with Crippen LogP contribution >= 0.6 is 23.8 Å². The molecule has 90 valence electrons. The molecule has 0 fully saturated rings. The van der Waals surface area contributed by atoms with E-state index in [1.54, 1.807) is 0 Å². The monoisotopic (exact) mass is 258 g/mol. The molecule has 16 heavy (non-hydrogen) atoms. The second-order valence-corrected chi connectivity index (χ2v) is 5.13. The van der Waals surface area contributed by atoms with Crippen LogP contribution in [0.5, 0.6) is 0 Å². The summed E-state index contributed by atoms with van der Waals surface area (Å²) in [7, 11) is 1.99. The van der Waals surface area contributed by atoms with Gasteiger partial charge in [-0.1, -0.05) is 26.1 Å². The van der Waals surface area contributed by atoms with Crippen molar-refractivity contribution in [2.75, 3.05) is 18.5 Å². The van der Waals surface area contributed by atoms with E-state index in [0.717, 1.165) is 30.3 Å². The van der Waals surface area contributed by atoms with E-state index >= 15 is 0 Å². The first-order chi connectivity index (χ1) is 7.54. The zero-order chi connectivity index (χ0) is 12.1. The van der Waals surface area contributed by atoms with Gasteiger partial charge in [-0.25, -0.2) is 4.98 Å². The third kappa shape index (κ3) is 3.68. The van der Waals surface area contributed by atoms with Crippen molar-refractivity contribution in [1.29, 1.82) is 0 Å². The number of nitrogens with two attached hydrogens (primary N) is 1. The largest absolute Gasteiger partial charge is 0.393 e. The van der Waals surface area contributed by atoms with E-state index in [-0.39, 0.29) is 5.92 Å². The summed E-state index contributed by atoms with van der Waals surface area (Å²) in [6, 6.07) is 0. The minimum atomic E-state index is 0.193. The summed E-state index contributed by atoms with van der Waals surface area (Å²) < 4.78 is 4.30. The van der Waals surface area contributed by atoms with Crippen molar-refractivity contribution in [3.05, 3.63) is 5.82 Å². The molecule has 6 heteroatoms. The van der Waals surface area contributed by atoms with Crippen LogP contribution in [0.25, 0.3) is 0 Å². The van der Waals surface area contributed by atoms with Gasteiger partial charge in [0.25, 0.3) is 0 Å². The van der Waals surface area contributed by atoms with E-state index in [0.29, 0.717) is 4.99 Å². The molecule has 1 atom stereocenters. The molecule has 0 bridgehead atoms. The Morgan fingerprint density at radius 3 is 2.88 bits per heavy atom. The average molecular weight is 258 g/mol. The molecule has 0 radical (unpaired) electrons. The van der Waals surface area contributed by atoms with Gasteiger partial charge in [0.1, 0.15) is 5.82 Å². The normalized spacial score (nSPS) is 12.4. The Bertz CT molecular complexity index is 350. The van der Waals surface area contributed by atoms with Gasteiger partial charge in [0, 0.05) is 37.5 Å². The van der Waals surface area contributed by atoms with E-state index < -0.39 is 0 Å². The predicted molar refractivity (Wildman–Crippen MR) is 73.1 cm³/mol. The lowest BCUT2D eigenvalue weighted by atomic mass is 10.2. The number of rotatable bonds is 6. The maximum absolute atomic E-state index is 5.59. The van der Waals surface area contributed by atoms with Gasteiger partial charge in [-0.15, -0.1) is 0 Å². The topological polar surface area (TPSA) is 55.0 Å². The average Bonchev–Trinajstić information content (AvgIpc) is 2.66. The van der Waals surface area contributed by atoms with Gasteiger partial charge in [0.2, 0.25) is 5.13 Å². The van der Waals surface area contributed by atoms with Crippen molar-refractivity contribution in [3.63, 3.8) is 0 Å². The Morgan fingerprint density at radius 1 is 1.62 bits per heavy atom. The van der Waals surface area contributed by atoms with Crippen molar-refractivity contribution in [2.45, 2.75) is 26.7 Å². The molecule has 2 N–H and O–H groups in total. The van der Waals surface area contributed by atoms with Gasteiger partial charge >= 0.3 is 0 Å². The van der Waals surface area contributed by atoms with Crippen LogP contribution in [0.1, 0.15) is 26.1 Å². The van der Waals surface area contributed by atoms with Crippen LogP contribution in [0.3, 0.4) is 0 Å². The van der Waals surface area contributed by atoms with Crippen LogP contribution in [0.15, 0.2) is 0 Å².